The minimum atomic E-state index is -0.911. The van der Waals surface area contributed by atoms with Gasteiger partial charge in [0.25, 0.3) is 11.8 Å². The van der Waals surface area contributed by atoms with E-state index in [0.29, 0.717) is 42.9 Å². The van der Waals surface area contributed by atoms with Crippen LogP contribution in [0.2, 0.25) is 0 Å². The highest BCUT2D eigenvalue weighted by atomic mass is 17.2. The third-order valence-corrected chi connectivity index (χ3v) is 15.7. The molecule has 368 valence electrons. The molecule has 0 bridgehead atoms. The van der Waals surface area contributed by atoms with Crippen LogP contribution in [0.15, 0.2) is 102 Å². The number of alkyl carbamates (subject to hydrolysis) is 1. The van der Waals surface area contributed by atoms with Crippen molar-refractivity contribution in [3.63, 3.8) is 0 Å². The number of amides is 5. The topological polar surface area (TPSA) is 191 Å². The first kappa shape index (κ1) is 46.1. The molecule has 0 unspecified atom stereocenters. The van der Waals surface area contributed by atoms with Gasteiger partial charge in [0.2, 0.25) is 6.40 Å². The number of carbonyl (C=O) groups excluding carboxylic acids is 4. The molecule has 5 heterocycles. The Hall–Kier alpha value is -7.27. The smallest absolute Gasteiger partial charge is 0.407 e. The number of H-pyrrole nitrogens is 2. The van der Waals surface area contributed by atoms with Gasteiger partial charge in [-0.15, -0.1) is 0 Å². The summed E-state index contributed by atoms with van der Waals surface area (Å²) in [6.45, 7) is 1.46. The highest BCUT2D eigenvalue weighted by Crippen LogP contribution is 2.49. The number of urea groups is 1. The number of rotatable bonds is 13. The number of nitrogens with zero attached hydrogens (tertiary/aromatic N) is 7. The zero-order valence-electron chi connectivity index (χ0n) is 40.1. The number of anilines is 1. The molecular formula is C54H60N10O7. The molecule has 2 aromatic heterocycles. The fourth-order valence-electron chi connectivity index (χ4n) is 12.4. The Balaban J connectivity index is 0.805. The Morgan fingerprint density at radius 2 is 1.32 bits per heavy atom. The number of hydrogen-bond donors (Lipinski definition) is 3. The van der Waals surface area contributed by atoms with Crippen molar-refractivity contribution < 1.29 is 33.7 Å². The van der Waals surface area contributed by atoms with Gasteiger partial charge in [0, 0.05) is 37.4 Å². The molecule has 17 nitrogen and oxygen atoms in total. The average Bonchev–Trinajstić information content (AvgIpc) is 4.25. The van der Waals surface area contributed by atoms with Crippen LogP contribution in [-0.2, 0) is 30.6 Å². The standard InChI is InChI=1S/C54H60N10O7/c1-69-53(67)60-48(35-15-7-4-8-16-35)52(66)64-44-20-12-10-18-37(44)29-46(64)49-56-39-23-21-33(27-41(39)58-49)31-61-25-26-62(54(61)68)38-22-24-40-42(30-38)59-50(57-40)45-28-36-17-9-11-19-43(36)63(45)51(65)47(55-32-71-70-2)34-13-5-3-6-14-34/h3-8,13-16,21-24,27,30,32,36-37,43-48H,9-12,17-20,25-26,28-29,31H2,1-2H3,(H,56,58)(H,57,59)(H,60,67)/b55-32-/t36-,37-,43-,44-,45-,46-,47+,48+/m0/s1. The molecule has 5 fully saturated rings. The summed E-state index contributed by atoms with van der Waals surface area (Å²) in [5.41, 5.74) is 6.34. The number of likely N-dealkylation sites (tertiary alicyclic amines) is 2. The molecule has 0 radical (unpaired) electrons. The minimum Gasteiger partial charge on any atom is -0.453 e. The van der Waals surface area contributed by atoms with E-state index in [1.54, 1.807) is 4.90 Å². The van der Waals surface area contributed by atoms with Crippen molar-refractivity contribution in [2.24, 2.45) is 16.8 Å². The van der Waals surface area contributed by atoms with Crippen molar-refractivity contribution in [1.82, 2.24) is 40.0 Å². The van der Waals surface area contributed by atoms with E-state index in [1.807, 2.05) is 112 Å². The van der Waals surface area contributed by atoms with Crippen LogP contribution in [0.4, 0.5) is 15.3 Å². The molecule has 3 aliphatic heterocycles. The zero-order valence-corrected chi connectivity index (χ0v) is 40.1. The summed E-state index contributed by atoms with van der Waals surface area (Å²) in [6, 6.07) is 28.5. The maximum Gasteiger partial charge on any atom is 0.407 e. The number of fused-ring (bicyclic) bond motifs is 4. The molecule has 3 saturated heterocycles. The number of carbonyl (C=O) groups is 4. The molecule has 5 aliphatic rings. The third kappa shape index (κ3) is 8.96. The van der Waals surface area contributed by atoms with Gasteiger partial charge >= 0.3 is 12.1 Å². The molecule has 4 aromatic carbocycles. The summed E-state index contributed by atoms with van der Waals surface area (Å²) in [4.78, 5) is 95.5. The van der Waals surface area contributed by atoms with Crippen LogP contribution in [0, 0.1) is 11.8 Å². The first-order valence-corrected chi connectivity index (χ1v) is 25.1. The number of aromatic nitrogens is 4. The SMILES string of the molecule is COO/C=N\[C@@H](C(=O)N1[C@H](c2nc3cc(N4CCN(Cc5ccc6[nH]c([C@@H]7C[C@@H]8CCCC[C@@H]8N7C(=O)[C@H](NC(=O)OC)c7ccccc7)nc6c5)C4=O)ccc3[nH]2)C[C@@H]2CCCC[C@@H]21)c1ccccc1. The second kappa shape index (κ2) is 19.9. The second-order valence-electron chi connectivity index (χ2n) is 19.7. The van der Waals surface area contributed by atoms with Gasteiger partial charge in [-0.2, -0.15) is 4.89 Å². The fourth-order valence-corrected chi connectivity index (χ4v) is 12.4. The van der Waals surface area contributed by atoms with Crippen LogP contribution in [0.5, 0.6) is 0 Å². The lowest BCUT2D eigenvalue weighted by molar-refractivity contribution is -0.188. The molecular weight excluding hydrogens is 901 g/mol. The molecule has 2 saturated carbocycles. The molecule has 8 atom stereocenters. The van der Waals surface area contributed by atoms with Gasteiger partial charge in [0.1, 0.15) is 17.7 Å². The lowest BCUT2D eigenvalue weighted by Gasteiger charge is -2.36. The quantitative estimate of drug-likeness (QED) is 0.0439. The van der Waals surface area contributed by atoms with Crippen molar-refractivity contribution in [1.29, 1.82) is 0 Å². The molecule has 5 amide bonds. The van der Waals surface area contributed by atoms with E-state index in [-0.39, 0.29) is 42.0 Å². The van der Waals surface area contributed by atoms with Gasteiger partial charge in [0.15, 0.2) is 6.04 Å². The molecule has 0 spiro atoms. The first-order valence-electron chi connectivity index (χ1n) is 25.1. The number of nitrogens with one attached hydrogen (secondary N) is 3. The number of aliphatic imine (C=N–C) groups is 1. The number of benzene rings is 4. The van der Waals surface area contributed by atoms with Gasteiger partial charge in [-0.25, -0.2) is 24.5 Å². The lowest BCUT2D eigenvalue weighted by atomic mass is 9.84. The van der Waals surface area contributed by atoms with Crippen LogP contribution in [-0.4, -0.2) is 104 Å². The molecule has 6 aromatic rings. The molecule has 17 heteroatoms. The van der Waals surface area contributed by atoms with E-state index in [0.717, 1.165) is 109 Å². The van der Waals surface area contributed by atoms with Crippen LogP contribution >= 0.6 is 0 Å². The van der Waals surface area contributed by atoms with E-state index < -0.39 is 18.2 Å². The Labute approximate surface area is 411 Å². The van der Waals surface area contributed by atoms with Crippen molar-refractivity contribution in [3.05, 3.63) is 125 Å². The van der Waals surface area contributed by atoms with Crippen LogP contribution in [0.3, 0.4) is 0 Å². The van der Waals surface area contributed by atoms with Crippen LogP contribution in [0.1, 0.15) is 117 Å². The molecule has 3 N–H and O–H groups in total. The van der Waals surface area contributed by atoms with Gasteiger partial charge in [-0.1, -0.05) is 92.4 Å². The number of hydrogen-bond acceptors (Lipinski definition) is 10. The predicted octanol–water partition coefficient (Wildman–Crippen LogP) is 8.99. The number of methoxy groups -OCH3 is 1. The minimum absolute atomic E-state index is 0.0369. The summed E-state index contributed by atoms with van der Waals surface area (Å²) < 4.78 is 4.96. The number of ether oxygens (including phenoxy) is 1. The summed E-state index contributed by atoms with van der Waals surface area (Å²) >= 11 is 0. The maximum atomic E-state index is 14.7. The Morgan fingerprint density at radius 1 is 0.732 bits per heavy atom. The summed E-state index contributed by atoms with van der Waals surface area (Å²) in [7, 11) is 2.70. The van der Waals surface area contributed by atoms with E-state index >= 15 is 0 Å². The second-order valence-corrected chi connectivity index (χ2v) is 19.7. The maximum absolute atomic E-state index is 14.7. The average molecular weight is 961 g/mol. The third-order valence-electron chi connectivity index (χ3n) is 15.7. The van der Waals surface area contributed by atoms with Crippen molar-refractivity contribution in [2.45, 2.75) is 107 Å². The van der Waals surface area contributed by atoms with Crippen LogP contribution in [0.25, 0.3) is 22.1 Å². The van der Waals surface area contributed by atoms with E-state index in [4.69, 9.17) is 24.5 Å². The first-order chi connectivity index (χ1) is 34.8. The molecule has 71 heavy (non-hydrogen) atoms. The van der Waals surface area contributed by atoms with Gasteiger partial charge in [-0.3, -0.25) is 14.5 Å². The molecule has 2 aliphatic carbocycles. The summed E-state index contributed by atoms with van der Waals surface area (Å²) in [5.74, 6) is 1.85. The summed E-state index contributed by atoms with van der Waals surface area (Å²) in [5, 5.41) is 2.81. The van der Waals surface area contributed by atoms with E-state index in [2.05, 4.69) is 20.3 Å². The van der Waals surface area contributed by atoms with Crippen molar-refractivity contribution in [3.8, 4) is 0 Å². The van der Waals surface area contributed by atoms with Crippen molar-refractivity contribution >= 4 is 58.1 Å². The highest BCUT2D eigenvalue weighted by molar-refractivity contribution is 5.96. The number of aromatic amines is 2. The van der Waals surface area contributed by atoms with Gasteiger partial charge in [0.05, 0.1) is 48.4 Å². The highest BCUT2D eigenvalue weighted by Gasteiger charge is 2.50. The Morgan fingerprint density at radius 3 is 1.96 bits per heavy atom. The van der Waals surface area contributed by atoms with Crippen molar-refractivity contribution in [2.75, 3.05) is 32.2 Å². The van der Waals surface area contributed by atoms with E-state index in [1.165, 1.54) is 20.6 Å². The lowest BCUT2D eigenvalue weighted by Crippen LogP contribution is -2.47. The van der Waals surface area contributed by atoms with Gasteiger partial charge in [-0.05, 0) is 97.4 Å². The number of imidazole rings is 2. The normalized spacial score (nSPS) is 24.1. The fraction of sp³-hybridized carbons (Fsp3) is 0.426. The van der Waals surface area contributed by atoms with E-state index in [9.17, 15) is 19.2 Å². The monoisotopic (exact) mass is 960 g/mol. The zero-order chi connectivity index (χ0) is 48.6. The largest absolute Gasteiger partial charge is 0.453 e. The Bertz CT molecular complexity index is 2940. The predicted molar refractivity (Wildman–Crippen MR) is 266 cm³/mol. The summed E-state index contributed by atoms with van der Waals surface area (Å²) in [6.07, 6.45) is 10.4. The Kier molecular flexibility index (Phi) is 12.9. The van der Waals surface area contributed by atoms with Gasteiger partial charge < -0.3 is 39.6 Å². The molecule has 11 rings (SSSR count). The van der Waals surface area contributed by atoms with Crippen LogP contribution < -0.4 is 10.2 Å².